The van der Waals surface area contributed by atoms with Gasteiger partial charge in [-0.15, -0.1) is 0 Å². The molecule has 0 bridgehead atoms. The highest BCUT2D eigenvalue weighted by molar-refractivity contribution is 6.00. The number of hydrogen-bond acceptors (Lipinski definition) is 2. The van der Waals surface area contributed by atoms with Crippen molar-refractivity contribution in [3.05, 3.63) is 65.7 Å². The standard InChI is InChI=1S/C17H16N2O3/c20-16-15(18-17(21)22)14-9-5-4-6-12(14)10-11-19(16)13-7-2-1-3-8-13/h1-9,15,18H,10-11H2,(H,21,22). The third-order valence-corrected chi connectivity index (χ3v) is 3.82. The van der Waals surface area contributed by atoms with E-state index in [9.17, 15) is 9.59 Å². The highest BCUT2D eigenvalue weighted by Crippen LogP contribution is 2.28. The lowest BCUT2D eigenvalue weighted by atomic mass is 9.99. The van der Waals surface area contributed by atoms with Gasteiger partial charge in [0.1, 0.15) is 6.04 Å². The maximum atomic E-state index is 12.8. The van der Waals surface area contributed by atoms with Crippen LogP contribution in [0.25, 0.3) is 0 Å². The Morgan fingerprint density at radius 3 is 2.50 bits per heavy atom. The van der Waals surface area contributed by atoms with E-state index in [-0.39, 0.29) is 5.91 Å². The minimum Gasteiger partial charge on any atom is -0.465 e. The van der Waals surface area contributed by atoms with Gasteiger partial charge in [-0.1, -0.05) is 42.5 Å². The lowest BCUT2D eigenvalue weighted by Crippen LogP contribution is -2.41. The van der Waals surface area contributed by atoms with Gasteiger partial charge in [0, 0.05) is 12.2 Å². The lowest BCUT2D eigenvalue weighted by molar-refractivity contribution is -0.120. The van der Waals surface area contributed by atoms with Gasteiger partial charge in [0.2, 0.25) is 0 Å². The van der Waals surface area contributed by atoms with Crippen LogP contribution in [0.15, 0.2) is 54.6 Å². The topological polar surface area (TPSA) is 69.6 Å². The van der Waals surface area contributed by atoms with Crippen molar-refractivity contribution in [3.63, 3.8) is 0 Å². The number of amides is 2. The molecule has 2 N–H and O–H groups in total. The molecule has 2 aromatic carbocycles. The summed E-state index contributed by atoms with van der Waals surface area (Å²) in [7, 11) is 0. The molecule has 1 unspecified atom stereocenters. The smallest absolute Gasteiger partial charge is 0.405 e. The number of nitrogens with one attached hydrogen (secondary N) is 1. The average molecular weight is 296 g/mol. The number of hydrogen-bond donors (Lipinski definition) is 2. The zero-order valence-electron chi connectivity index (χ0n) is 11.9. The van der Waals surface area contributed by atoms with Crippen LogP contribution in [-0.4, -0.2) is 23.7 Å². The molecule has 3 rings (SSSR count). The SMILES string of the molecule is O=C(O)NC1C(=O)N(c2ccccc2)CCc2ccccc21. The van der Waals surface area contributed by atoms with Gasteiger partial charge in [0.15, 0.2) is 0 Å². The first-order chi connectivity index (χ1) is 10.7. The van der Waals surface area contributed by atoms with Crippen molar-refractivity contribution in [2.24, 2.45) is 0 Å². The predicted molar refractivity (Wildman–Crippen MR) is 82.8 cm³/mol. The molecule has 1 atom stereocenters. The fourth-order valence-corrected chi connectivity index (χ4v) is 2.80. The minimum absolute atomic E-state index is 0.251. The number of carbonyl (C=O) groups is 2. The van der Waals surface area contributed by atoms with Crippen LogP contribution in [-0.2, 0) is 11.2 Å². The van der Waals surface area contributed by atoms with E-state index in [0.717, 1.165) is 16.8 Å². The maximum absolute atomic E-state index is 12.8. The number of anilines is 1. The molecule has 5 heteroatoms. The molecule has 0 aromatic heterocycles. The van der Waals surface area contributed by atoms with E-state index in [4.69, 9.17) is 5.11 Å². The first-order valence-electron chi connectivity index (χ1n) is 7.10. The largest absolute Gasteiger partial charge is 0.465 e. The van der Waals surface area contributed by atoms with Gasteiger partial charge < -0.3 is 15.3 Å². The number of benzene rings is 2. The van der Waals surface area contributed by atoms with E-state index < -0.39 is 12.1 Å². The Bertz CT molecular complexity index is 700. The summed E-state index contributed by atoms with van der Waals surface area (Å²) in [6.45, 7) is 0.525. The van der Waals surface area contributed by atoms with Crippen LogP contribution in [0, 0.1) is 0 Å². The van der Waals surface area contributed by atoms with Crippen LogP contribution in [0.5, 0.6) is 0 Å². The van der Waals surface area contributed by atoms with E-state index in [1.807, 2.05) is 54.6 Å². The molecule has 0 saturated carbocycles. The molecule has 22 heavy (non-hydrogen) atoms. The summed E-state index contributed by atoms with van der Waals surface area (Å²) in [5.41, 5.74) is 2.50. The fraction of sp³-hybridized carbons (Fsp3) is 0.176. The number of carboxylic acid groups (broad SMARTS) is 1. The maximum Gasteiger partial charge on any atom is 0.405 e. The predicted octanol–water partition coefficient (Wildman–Crippen LogP) is 2.58. The fourth-order valence-electron chi connectivity index (χ4n) is 2.80. The Morgan fingerprint density at radius 2 is 1.77 bits per heavy atom. The van der Waals surface area contributed by atoms with Crippen molar-refractivity contribution in [1.29, 1.82) is 0 Å². The molecule has 0 spiro atoms. The molecule has 1 aliphatic rings. The van der Waals surface area contributed by atoms with E-state index in [0.29, 0.717) is 13.0 Å². The lowest BCUT2D eigenvalue weighted by Gasteiger charge is -2.24. The van der Waals surface area contributed by atoms with Crippen molar-refractivity contribution in [3.8, 4) is 0 Å². The molecule has 2 aromatic rings. The highest BCUT2D eigenvalue weighted by atomic mass is 16.4. The summed E-state index contributed by atoms with van der Waals surface area (Å²) in [5.74, 6) is -0.251. The molecule has 0 aliphatic carbocycles. The molecule has 0 saturated heterocycles. The third kappa shape index (κ3) is 2.65. The number of para-hydroxylation sites is 1. The Labute approximate surface area is 128 Å². The number of fused-ring (bicyclic) bond motifs is 1. The zero-order chi connectivity index (χ0) is 15.5. The second-order valence-corrected chi connectivity index (χ2v) is 5.16. The quantitative estimate of drug-likeness (QED) is 0.895. The van der Waals surface area contributed by atoms with Gasteiger partial charge in [-0.3, -0.25) is 4.79 Å². The molecule has 0 fully saturated rings. The van der Waals surface area contributed by atoms with Gasteiger partial charge in [-0.2, -0.15) is 0 Å². The summed E-state index contributed by atoms with van der Waals surface area (Å²) >= 11 is 0. The minimum atomic E-state index is -1.21. The van der Waals surface area contributed by atoms with Crippen molar-refractivity contribution >= 4 is 17.7 Å². The average Bonchev–Trinajstić information content (AvgIpc) is 2.66. The van der Waals surface area contributed by atoms with Crippen molar-refractivity contribution in [1.82, 2.24) is 5.32 Å². The summed E-state index contributed by atoms with van der Waals surface area (Å²) in [4.78, 5) is 25.6. The third-order valence-electron chi connectivity index (χ3n) is 3.82. The first kappa shape index (κ1) is 14.1. The first-order valence-corrected chi connectivity index (χ1v) is 7.10. The summed E-state index contributed by atoms with van der Waals surface area (Å²) < 4.78 is 0. The van der Waals surface area contributed by atoms with E-state index in [1.54, 1.807) is 4.90 Å². The molecule has 1 heterocycles. The number of rotatable bonds is 2. The second-order valence-electron chi connectivity index (χ2n) is 5.16. The Morgan fingerprint density at radius 1 is 1.09 bits per heavy atom. The van der Waals surface area contributed by atoms with E-state index >= 15 is 0 Å². The van der Waals surface area contributed by atoms with Crippen molar-refractivity contribution in [2.75, 3.05) is 11.4 Å². The Kier molecular flexibility index (Phi) is 3.78. The van der Waals surface area contributed by atoms with Crippen LogP contribution in [0.4, 0.5) is 10.5 Å². The molecular weight excluding hydrogens is 280 g/mol. The van der Waals surface area contributed by atoms with E-state index in [2.05, 4.69) is 5.32 Å². The van der Waals surface area contributed by atoms with Crippen molar-refractivity contribution < 1.29 is 14.7 Å². The highest BCUT2D eigenvalue weighted by Gasteiger charge is 2.32. The van der Waals surface area contributed by atoms with Gasteiger partial charge in [-0.05, 0) is 29.7 Å². The summed E-state index contributed by atoms with van der Waals surface area (Å²) in [6.07, 6.45) is -0.516. The van der Waals surface area contributed by atoms with Gasteiger partial charge in [-0.25, -0.2) is 4.79 Å². The second kappa shape index (κ2) is 5.89. The molecule has 2 amide bonds. The molecule has 0 radical (unpaired) electrons. The Balaban J connectivity index is 2.03. The van der Waals surface area contributed by atoms with Gasteiger partial charge >= 0.3 is 6.09 Å². The zero-order valence-corrected chi connectivity index (χ0v) is 11.9. The van der Waals surface area contributed by atoms with Crippen LogP contribution >= 0.6 is 0 Å². The number of carbonyl (C=O) groups excluding carboxylic acids is 1. The molecular formula is C17H16N2O3. The molecule has 112 valence electrons. The van der Waals surface area contributed by atoms with Gasteiger partial charge in [0.25, 0.3) is 5.91 Å². The molecule has 5 nitrogen and oxygen atoms in total. The van der Waals surface area contributed by atoms with Crippen LogP contribution in [0.3, 0.4) is 0 Å². The molecule has 1 aliphatic heterocycles. The normalized spacial score (nSPS) is 17.5. The van der Waals surface area contributed by atoms with Crippen LogP contribution in [0.2, 0.25) is 0 Å². The van der Waals surface area contributed by atoms with E-state index in [1.165, 1.54) is 0 Å². The number of nitrogens with zero attached hydrogens (tertiary/aromatic N) is 1. The summed E-state index contributed by atoms with van der Waals surface area (Å²) in [5, 5.41) is 11.4. The van der Waals surface area contributed by atoms with Crippen LogP contribution in [0.1, 0.15) is 17.2 Å². The van der Waals surface area contributed by atoms with Crippen molar-refractivity contribution in [2.45, 2.75) is 12.5 Å². The monoisotopic (exact) mass is 296 g/mol. The summed E-state index contributed by atoms with van der Waals surface area (Å²) in [6, 6.07) is 15.9. The Hall–Kier alpha value is -2.82. The van der Waals surface area contributed by atoms with Gasteiger partial charge in [0.05, 0.1) is 0 Å². The van der Waals surface area contributed by atoms with Crippen LogP contribution < -0.4 is 10.2 Å².